The molecule has 1 saturated heterocycles. The van der Waals surface area contributed by atoms with Gasteiger partial charge in [0.25, 0.3) is 10.0 Å². The van der Waals surface area contributed by atoms with E-state index in [1.807, 2.05) is 0 Å². The first kappa shape index (κ1) is 16.9. The van der Waals surface area contributed by atoms with Crippen molar-refractivity contribution in [3.05, 3.63) is 17.0 Å². The molecule has 9 heteroatoms. The van der Waals surface area contributed by atoms with Gasteiger partial charge in [-0.1, -0.05) is 0 Å². The number of carbonyl (C=O) groups excluding carboxylic acids is 2. The molecule has 2 heterocycles. The number of carbonyl (C=O) groups is 2. The van der Waals surface area contributed by atoms with Crippen molar-refractivity contribution in [3.8, 4) is 0 Å². The second-order valence-electron chi connectivity index (χ2n) is 5.26. The van der Waals surface area contributed by atoms with Crippen molar-refractivity contribution < 1.29 is 18.0 Å². The van der Waals surface area contributed by atoms with Crippen LogP contribution in [0.25, 0.3) is 0 Å². The van der Waals surface area contributed by atoms with Crippen LogP contribution < -0.4 is 11.1 Å². The van der Waals surface area contributed by atoms with Gasteiger partial charge in [0, 0.05) is 18.3 Å². The van der Waals surface area contributed by atoms with E-state index in [1.54, 1.807) is 13.0 Å². The van der Waals surface area contributed by atoms with Crippen LogP contribution in [0.1, 0.15) is 37.6 Å². The molecule has 0 spiro atoms. The fourth-order valence-corrected chi connectivity index (χ4v) is 5.63. The van der Waals surface area contributed by atoms with E-state index in [1.165, 1.54) is 17.3 Å². The van der Waals surface area contributed by atoms with Gasteiger partial charge in [0.1, 0.15) is 10.3 Å². The fourth-order valence-electron chi connectivity index (χ4n) is 2.51. The van der Waals surface area contributed by atoms with E-state index < -0.39 is 22.0 Å². The Hall–Kier alpha value is -1.45. The molecule has 0 radical (unpaired) electrons. The Morgan fingerprint density at radius 1 is 1.45 bits per heavy atom. The lowest BCUT2D eigenvalue weighted by Crippen LogP contribution is -2.43. The summed E-state index contributed by atoms with van der Waals surface area (Å²) in [7, 11) is -3.74. The van der Waals surface area contributed by atoms with E-state index in [-0.39, 0.29) is 16.2 Å². The van der Waals surface area contributed by atoms with E-state index in [9.17, 15) is 18.0 Å². The lowest BCUT2D eigenvalue weighted by Gasteiger charge is -2.20. The summed E-state index contributed by atoms with van der Waals surface area (Å²) in [6, 6.07) is 2.14. The van der Waals surface area contributed by atoms with Gasteiger partial charge < -0.3 is 11.1 Å². The lowest BCUT2D eigenvalue weighted by atomic mass is 10.2. The minimum absolute atomic E-state index is 0.160. The number of nitrogens with one attached hydrogen (secondary N) is 1. The third-order valence-electron chi connectivity index (χ3n) is 3.54. The third kappa shape index (κ3) is 3.31. The van der Waals surface area contributed by atoms with Crippen LogP contribution in [-0.4, -0.2) is 37.1 Å². The first-order valence-electron chi connectivity index (χ1n) is 6.91. The molecule has 0 unspecified atom stereocenters. The molecule has 2 atom stereocenters. The van der Waals surface area contributed by atoms with Crippen LogP contribution in [0.3, 0.4) is 0 Å². The molecule has 22 heavy (non-hydrogen) atoms. The summed E-state index contributed by atoms with van der Waals surface area (Å²) >= 11 is 1.09. The molecule has 2 amide bonds. The summed E-state index contributed by atoms with van der Waals surface area (Å²) in [6.45, 7) is 3.49. The fraction of sp³-hybridized carbons (Fsp3) is 0.538. The average molecular weight is 345 g/mol. The Bertz CT molecular complexity index is 683. The van der Waals surface area contributed by atoms with Crippen LogP contribution in [0.2, 0.25) is 0 Å². The van der Waals surface area contributed by atoms with Crippen LogP contribution in [0.15, 0.2) is 16.3 Å². The molecule has 1 aromatic rings. The minimum atomic E-state index is -3.74. The van der Waals surface area contributed by atoms with Crippen molar-refractivity contribution in [2.75, 3.05) is 6.54 Å². The smallest absolute Gasteiger partial charge is 0.253 e. The van der Waals surface area contributed by atoms with Crippen LogP contribution in [0.5, 0.6) is 0 Å². The highest BCUT2D eigenvalue weighted by Gasteiger charge is 2.39. The zero-order valence-corrected chi connectivity index (χ0v) is 14.0. The van der Waals surface area contributed by atoms with Crippen LogP contribution in [0, 0.1) is 0 Å². The number of nitrogens with zero attached hydrogens (tertiary/aromatic N) is 1. The normalized spacial score (nSPS) is 20.7. The Morgan fingerprint density at radius 3 is 2.73 bits per heavy atom. The van der Waals surface area contributed by atoms with Gasteiger partial charge in [0.15, 0.2) is 0 Å². The molecular formula is C13H19N3O4S2. The van der Waals surface area contributed by atoms with Gasteiger partial charge in [-0.3, -0.25) is 9.59 Å². The number of rotatable bonds is 5. The van der Waals surface area contributed by atoms with Gasteiger partial charge in [0.05, 0.1) is 6.04 Å². The maximum Gasteiger partial charge on any atom is 0.253 e. The predicted molar refractivity (Wildman–Crippen MR) is 82.7 cm³/mol. The molecule has 1 fully saturated rings. The first-order chi connectivity index (χ1) is 10.2. The van der Waals surface area contributed by atoms with Crippen LogP contribution in [0.4, 0.5) is 0 Å². The monoisotopic (exact) mass is 345 g/mol. The van der Waals surface area contributed by atoms with E-state index in [2.05, 4.69) is 5.32 Å². The highest BCUT2D eigenvalue weighted by molar-refractivity contribution is 7.91. The largest absolute Gasteiger partial charge is 0.368 e. The second kappa shape index (κ2) is 6.35. The van der Waals surface area contributed by atoms with Crippen molar-refractivity contribution in [2.45, 2.75) is 43.0 Å². The summed E-state index contributed by atoms with van der Waals surface area (Å²) in [5.41, 5.74) is 5.28. The van der Waals surface area contributed by atoms with Crippen molar-refractivity contribution >= 4 is 33.2 Å². The third-order valence-corrected chi connectivity index (χ3v) is 7.19. The molecule has 0 bridgehead atoms. The SMILES string of the molecule is CC(=O)N[C@H](C)c1ccc(S(=O)(=O)N2CCC[C@H]2C(N)=O)s1. The first-order valence-corrected chi connectivity index (χ1v) is 9.17. The van der Waals surface area contributed by atoms with Crippen molar-refractivity contribution in [3.63, 3.8) is 0 Å². The molecule has 0 aliphatic carbocycles. The zero-order chi connectivity index (χ0) is 16.5. The quantitative estimate of drug-likeness (QED) is 0.813. The summed E-state index contributed by atoms with van der Waals surface area (Å²) in [5, 5.41) is 2.71. The maximum atomic E-state index is 12.6. The van der Waals surface area contributed by atoms with Crippen molar-refractivity contribution in [2.24, 2.45) is 5.73 Å². The predicted octanol–water partition coefficient (Wildman–Crippen LogP) is 0.584. The Balaban J connectivity index is 2.25. The van der Waals surface area contributed by atoms with Crippen LogP contribution >= 0.6 is 11.3 Å². The topological polar surface area (TPSA) is 110 Å². The molecular weight excluding hydrogens is 326 g/mol. The van der Waals surface area contributed by atoms with E-state index in [0.717, 1.165) is 16.2 Å². The average Bonchev–Trinajstić information content (AvgIpc) is 3.08. The molecule has 3 N–H and O–H groups in total. The van der Waals surface area contributed by atoms with Crippen molar-refractivity contribution in [1.82, 2.24) is 9.62 Å². The van der Waals surface area contributed by atoms with E-state index >= 15 is 0 Å². The summed E-state index contributed by atoms with van der Waals surface area (Å²) < 4.78 is 26.6. The lowest BCUT2D eigenvalue weighted by molar-refractivity contribution is -0.121. The number of nitrogens with two attached hydrogens (primary N) is 1. The molecule has 7 nitrogen and oxygen atoms in total. The van der Waals surface area contributed by atoms with Gasteiger partial charge in [-0.15, -0.1) is 11.3 Å². The maximum absolute atomic E-state index is 12.6. The van der Waals surface area contributed by atoms with Gasteiger partial charge in [0.2, 0.25) is 11.8 Å². The second-order valence-corrected chi connectivity index (χ2v) is 8.49. The minimum Gasteiger partial charge on any atom is -0.368 e. The highest BCUT2D eigenvalue weighted by Crippen LogP contribution is 2.32. The number of thiophene rings is 1. The molecule has 1 aromatic heterocycles. The summed E-state index contributed by atoms with van der Waals surface area (Å²) in [6.07, 6.45) is 1.07. The van der Waals surface area contributed by atoms with Gasteiger partial charge >= 0.3 is 0 Å². The van der Waals surface area contributed by atoms with E-state index in [0.29, 0.717) is 19.4 Å². The summed E-state index contributed by atoms with van der Waals surface area (Å²) in [5.74, 6) is -0.803. The standard InChI is InChI=1S/C13H19N3O4S2/c1-8(15-9(2)17)11-5-6-12(21-11)22(19,20)16-7-3-4-10(16)13(14)18/h5-6,8,10H,3-4,7H2,1-2H3,(H2,14,18)(H,15,17)/t8-,10+/m1/s1. The highest BCUT2D eigenvalue weighted by atomic mass is 32.2. The zero-order valence-electron chi connectivity index (χ0n) is 12.4. The van der Waals surface area contributed by atoms with E-state index in [4.69, 9.17) is 5.73 Å². The Morgan fingerprint density at radius 2 is 2.14 bits per heavy atom. The summed E-state index contributed by atoms with van der Waals surface area (Å²) in [4.78, 5) is 23.2. The Kier molecular flexibility index (Phi) is 4.88. The molecule has 0 aromatic carbocycles. The number of hydrogen-bond acceptors (Lipinski definition) is 5. The molecule has 1 aliphatic rings. The Labute approximate surface area is 133 Å². The van der Waals surface area contributed by atoms with Crippen LogP contribution in [-0.2, 0) is 19.6 Å². The van der Waals surface area contributed by atoms with Gasteiger partial charge in [-0.05, 0) is 31.9 Å². The number of primary amides is 1. The molecule has 2 rings (SSSR count). The molecule has 1 aliphatic heterocycles. The molecule has 122 valence electrons. The van der Waals surface area contributed by atoms with Gasteiger partial charge in [-0.25, -0.2) is 8.42 Å². The number of amides is 2. The van der Waals surface area contributed by atoms with Gasteiger partial charge in [-0.2, -0.15) is 4.31 Å². The van der Waals surface area contributed by atoms with Crippen molar-refractivity contribution in [1.29, 1.82) is 0 Å². The number of hydrogen-bond donors (Lipinski definition) is 2. The molecule has 0 saturated carbocycles. The number of sulfonamides is 1.